The van der Waals surface area contributed by atoms with Gasteiger partial charge >= 0.3 is 0 Å². The van der Waals surface area contributed by atoms with Gasteiger partial charge in [0.2, 0.25) is 0 Å². The number of guanidine groups is 1. The van der Waals surface area contributed by atoms with E-state index in [9.17, 15) is 0 Å². The van der Waals surface area contributed by atoms with Crippen molar-refractivity contribution in [3.63, 3.8) is 0 Å². The molecule has 0 saturated heterocycles. The average molecular weight is 394 g/mol. The molecule has 1 aromatic carbocycles. The van der Waals surface area contributed by atoms with Crippen LogP contribution in [0.25, 0.3) is 5.82 Å². The van der Waals surface area contributed by atoms with E-state index in [-0.39, 0.29) is 0 Å². The lowest BCUT2D eigenvalue weighted by molar-refractivity contribution is 0.354. The van der Waals surface area contributed by atoms with Gasteiger partial charge in [0.15, 0.2) is 17.5 Å². The minimum atomic E-state index is 0.526. The van der Waals surface area contributed by atoms with Crippen molar-refractivity contribution in [1.82, 2.24) is 25.2 Å². The Bertz CT molecular complexity index is 923. The molecule has 0 bridgehead atoms. The van der Waals surface area contributed by atoms with Crippen LogP contribution in [0.2, 0.25) is 0 Å². The second-order valence-electron chi connectivity index (χ2n) is 6.23. The van der Waals surface area contributed by atoms with Crippen LogP contribution in [-0.2, 0) is 13.1 Å². The maximum absolute atomic E-state index is 5.36. The Hall–Kier alpha value is -3.55. The van der Waals surface area contributed by atoms with Crippen LogP contribution in [0.4, 0.5) is 0 Å². The molecule has 2 N–H and O–H groups in total. The Balaban J connectivity index is 1.62. The number of nitrogens with one attached hydrogen (secondary N) is 2. The minimum absolute atomic E-state index is 0.526. The number of hydrogen-bond acceptors (Lipinski definition) is 5. The summed E-state index contributed by atoms with van der Waals surface area (Å²) in [4.78, 5) is 13.1. The third kappa shape index (κ3) is 5.47. The van der Waals surface area contributed by atoms with Gasteiger partial charge in [-0.25, -0.2) is 15.0 Å². The largest absolute Gasteiger partial charge is 0.493 e. The van der Waals surface area contributed by atoms with E-state index < -0.39 is 0 Å². The van der Waals surface area contributed by atoms with E-state index in [1.807, 2.05) is 54.2 Å². The van der Waals surface area contributed by atoms with E-state index in [4.69, 9.17) is 9.47 Å². The summed E-state index contributed by atoms with van der Waals surface area (Å²) in [6, 6.07) is 9.82. The molecule has 0 aliphatic heterocycles. The van der Waals surface area contributed by atoms with E-state index in [2.05, 4.69) is 25.6 Å². The summed E-state index contributed by atoms with van der Waals surface area (Å²) >= 11 is 0. The zero-order valence-corrected chi connectivity index (χ0v) is 16.9. The van der Waals surface area contributed by atoms with Crippen LogP contribution in [0.5, 0.6) is 11.5 Å². The fourth-order valence-electron chi connectivity index (χ4n) is 2.75. The summed E-state index contributed by atoms with van der Waals surface area (Å²) in [5.41, 5.74) is 2.09. The van der Waals surface area contributed by atoms with E-state index in [0.717, 1.165) is 29.4 Å². The molecule has 2 aromatic heterocycles. The second-order valence-corrected chi connectivity index (χ2v) is 6.23. The first-order valence-electron chi connectivity index (χ1n) is 9.39. The van der Waals surface area contributed by atoms with Gasteiger partial charge in [-0.2, -0.15) is 0 Å². The van der Waals surface area contributed by atoms with Gasteiger partial charge in [-0.3, -0.25) is 4.57 Å². The smallest absolute Gasteiger partial charge is 0.191 e. The summed E-state index contributed by atoms with van der Waals surface area (Å²) in [6.07, 6.45) is 7.15. The molecular formula is C21H26N6O2. The van der Waals surface area contributed by atoms with E-state index in [1.54, 1.807) is 26.7 Å². The fraction of sp³-hybridized carbons (Fsp3) is 0.286. The van der Waals surface area contributed by atoms with Gasteiger partial charge in [0.05, 0.1) is 20.8 Å². The summed E-state index contributed by atoms with van der Waals surface area (Å²) in [5.74, 6) is 2.98. The lowest BCUT2D eigenvalue weighted by Gasteiger charge is -2.13. The summed E-state index contributed by atoms with van der Waals surface area (Å²) in [7, 11) is 3.26. The first-order chi connectivity index (χ1) is 14.2. The molecule has 0 aliphatic rings. The third-order valence-corrected chi connectivity index (χ3v) is 4.25. The Morgan fingerprint density at radius 2 is 1.90 bits per heavy atom. The summed E-state index contributed by atoms with van der Waals surface area (Å²) in [5, 5.41) is 6.60. The van der Waals surface area contributed by atoms with Gasteiger partial charge in [0.1, 0.15) is 12.1 Å². The molecule has 29 heavy (non-hydrogen) atoms. The molecule has 0 aliphatic carbocycles. The van der Waals surface area contributed by atoms with Crippen molar-refractivity contribution in [1.29, 1.82) is 0 Å². The van der Waals surface area contributed by atoms with Gasteiger partial charge in [-0.15, -0.1) is 0 Å². The van der Waals surface area contributed by atoms with Gasteiger partial charge in [0.25, 0.3) is 0 Å². The van der Waals surface area contributed by atoms with Crippen molar-refractivity contribution < 1.29 is 9.47 Å². The maximum Gasteiger partial charge on any atom is 0.191 e. The van der Waals surface area contributed by atoms with Crippen LogP contribution in [0.1, 0.15) is 18.1 Å². The van der Waals surface area contributed by atoms with Crippen molar-refractivity contribution in [2.24, 2.45) is 4.99 Å². The van der Waals surface area contributed by atoms with Crippen LogP contribution in [-0.4, -0.2) is 41.3 Å². The molecule has 0 unspecified atom stereocenters. The van der Waals surface area contributed by atoms with Gasteiger partial charge < -0.3 is 20.1 Å². The second kappa shape index (κ2) is 10.1. The lowest BCUT2D eigenvalue weighted by Crippen LogP contribution is -2.36. The van der Waals surface area contributed by atoms with Crippen LogP contribution < -0.4 is 20.1 Å². The number of pyridine rings is 1. The van der Waals surface area contributed by atoms with Crippen molar-refractivity contribution in [2.75, 3.05) is 20.8 Å². The van der Waals surface area contributed by atoms with Gasteiger partial charge in [-0.1, -0.05) is 12.1 Å². The quantitative estimate of drug-likeness (QED) is 0.451. The predicted molar refractivity (Wildman–Crippen MR) is 113 cm³/mol. The van der Waals surface area contributed by atoms with Gasteiger partial charge in [0, 0.05) is 31.7 Å². The van der Waals surface area contributed by atoms with Crippen LogP contribution in [0, 0.1) is 0 Å². The molecule has 8 nitrogen and oxygen atoms in total. The monoisotopic (exact) mass is 394 g/mol. The molecular weight excluding hydrogens is 368 g/mol. The molecule has 8 heteroatoms. The number of rotatable bonds is 8. The summed E-state index contributed by atoms with van der Waals surface area (Å²) in [6.45, 7) is 3.95. The highest BCUT2D eigenvalue weighted by Gasteiger charge is 2.05. The highest BCUT2D eigenvalue weighted by atomic mass is 16.5. The number of aromatic nitrogens is 3. The molecule has 0 radical (unpaired) electrons. The summed E-state index contributed by atoms with van der Waals surface area (Å²) < 4.78 is 12.5. The highest BCUT2D eigenvalue weighted by molar-refractivity contribution is 5.79. The molecule has 3 rings (SSSR count). The maximum atomic E-state index is 5.36. The minimum Gasteiger partial charge on any atom is -0.493 e. The predicted octanol–water partition coefficient (Wildman–Crippen LogP) is 2.54. The Morgan fingerprint density at radius 3 is 2.55 bits per heavy atom. The molecule has 2 heterocycles. The van der Waals surface area contributed by atoms with Crippen LogP contribution in [0.3, 0.4) is 0 Å². The Labute approximate surface area is 170 Å². The number of ether oxygens (including phenoxy) is 2. The van der Waals surface area contributed by atoms with E-state index >= 15 is 0 Å². The molecule has 0 spiro atoms. The molecule has 0 atom stereocenters. The fourth-order valence-corrected chi connectivity index (χ4v) is 2.75. The first-order valence-corrected chi connectivity index (χ1v) is 9.39. The number of hydrogen-bond donors (Lipinski definition) is 2. The standard InChI is InChI=1S/C21H26N6O2/c1-4-23-21(25-12-16-5-7-18(28-2)19(11-16)29-3)26-14-17-6-8-20(24-13-17)27-10-9-22-15-27/h5-11,13,15H,4,12,14H2,1-3H3,(H2,23,25,26). The SMILES string of the molecule is CCNC(=NCc1ccc(-n2ccnc2)nc1)NCc1ccc(OC)c(OC)c1. The van der Waals surface area contributed by atoms with Crippen molar-refractivity contribution >= 4 is 5.96 Å². The van der Waals surface area contributed by atoms with Crippen molar-refractivity contribution in [3.05, 3.63) is 66.4 Å². The number of aliphatic imine (C=N–C) groups is 1. The number of benzene rings is 1. The molecule has 0 saturated carbocycles. The molecule has 152 valence electrons. The first kappa shape index (κ1) is 20.2. The van der Waals surface area contributed by atoms with Crippen molar-refractivity contribution in [2.45, 2.75) is 20.0 Å². The van der Waals surface area contributed by atoms with E-state index in [1.165, 1.54) is 0 Å². The zero-order valence-electron chi connectivity index (χ0n) is 16.9. The Morgan fingerprint density at radius 1 is 1.07 bits per heavy atom. The van der Waals surface area contributed by atoms with Crippen LogP contribution in [0.15, 0.2) is 60.2 Å². The highest BCUT2D eigenvalue weighted by Crippen LogP contribution is 2.27. The number of imidazole rings is 1. The van der Waals surface area contributed by atoms with Gasteiger partial charge in [-0.05, 0) is 36.2 Å². The number of methoxy groups -OCH3 is 2. The molecule has 0 fully saturated rings. The number of nitrogens with zero attached hydrogens (tertiary/aromatic N) is 4. The topological polar surface area (TPSA) is 85.6 Å². The van der Waals surface area contributed by atoms with Crippen LogP contribution >= 0.6 is 0 Å². The third-order valence-electron chi connectivity index (χ3n) is 4.25. The lowest BCUT2D eigenvalue weighted by atomic mass is 10.2. The Kier molecular flexibility index (Phi) is 7.05. The zero-order chi connectivity index (χ0) is 20.5. The van der Waals surface area contributed by atoms with E-state index in [0.29, 0.717) is 24.6 Å². The molecule has 0 amide bonds. The van der Waals surface area contributed by atoms with Crippen molar-refractivity contribution in [3.8, 4) is 17.3 Å². The molecule has 3 aromatic rings. The normalized spacial score (nSPS) is 11.2. The average Bonchev–Trinajstić information content (AvgIpc) is 3.30.